The van der Waals surface area contributed by atoms with Crippen molar-refractivity contribution < 1.29 is 14.0 Å². The Hall–Kier alpha value is -3.13. The molecule has 2 amide bonds. The van der Waals surface area contributed by atoms with Gasteiger partial charge in [0.1, 0.15) is 11.4 Å². The Morgan fingerprint density at radius 3 is 2.65 bits per heavy atom. The van der Waals surface area contributed by atoms with Crippen molar-refractivity contribution in [2.45, 2.75) is 6.92 Å². The number of benzene rings is 1. The standard InChI is InChI=1S/C18H15FN4O2S/c1-3-8-22-17(25)15(16(24)21-18(22)26)9-12-10-20-23(11(12)2)14-6-4-13(19)5-7-14/h3-7,9-10H,1,8H2,2H3,(H,21,24,26)/b15-9+. The number of thiocarbonyl (C=S) groups is 1. The maximum absolute atomic E-state index is 13.1. The minimum Gasteiger partial charge on any atom is -0.298 e. The second kappa shape index (κ2) is 7.01. The summed E-state index contributed by atoms with van der Waals surface area (Å²) in [6.45, 7) is 5.57. The highest BCUT2D eigenvalue weighted by Crippen LogP contribution is 2.19. The van der Waals surface area contributed by atoms with Crippen molar-refractivity contribution in [3.63, 3.8) is 0 Å². The lowest BCUT2D eigenvalue weighted by Gasteiger charge is -2.27. The second-order valence-electron chi connectivity index (χ2n) is 5.60. The van der Waals surface area contributed by atoms with E-state index in [1.54, 1.807) is 23.7 Å². The fourth-order valence-electron chi connectivity index (χ4n) is 2.55. The summed E-state index contributed by atoms with van der Waals surface area (Å²) in [7, 11) is 0. The predicted molar refractivity (Wildman–Crippen MR) is 98.9 cm³/mol. The van der Waals surface area contributed by atoms with Crippen LogP contribution in [0.1, 0.15) is 11.3 Å². The molecule has 1 aromatic carbocycles. The van der Waals surface area contributed by atoms with Gasteiger partial charge in [0.15, 0.2) is 5.11 Å². The van der Waals surface area contributed by atoms with Crippen molar-refractivity contribution >= 4 is 35.2 Å². The molecule has 2 heterocycles. The number of nitrogens with zero attached hydrogens (tertiary/aromatic N) is 3. The fourth-order valence-corrected chi connectivity index (χ4v) is 2.80. The molecule has 0 spiro atoms. The van der Waals surface area contributed by atoms with Crippen LogP contribution in [0.3, 0.4) is 0 Å². The predicted octanol–water partition coefficient (Wildman–Crippen LogP) is 2.13. The molecule has 26 heavy (non-hydrogen) atoms. The Morgan fingerprint density at radius 2 is 2.00 bits per heavy atom. The summed E-state index contributed by atoms with van der Waals surface area (Å²) in [5.74, 6) is -1.40. The van der Waals surface area contributed by atoms with Crippen molar-refractivity contribution in [3.05, 3.63) is 65.8 Å². The van der Waals surface area contributed by atoms with Crippen molar-refractivity contribution in [2.75, 3.05) is 6.54 Å². The summed E-state index contributed by atoms with van der Waals surface area (Å²) in [6, 6.07) is 5.85. The highest BCUT2D eigenvalue weighted by Gasteiger charge is 2.32. The van der Waals surface area contributed by atoms with E-state index < -0.39 is 11.8 Å². The third-order valence-electron chi connectivity index (χ3n) is 3.92. The molecule has 2 aromatic rings. The van der Waals surface area contributed by atoms with Crippen LogP contribution in [0.4, 0.5) is 4.39 Å². The molecule has 1 aliphatic rings. The molecule has 8 heteroatoms. The zero-order chi connectivity index (χ0) is 18.8. The summed E-state index contributed by atoms with van der Waals surface area (Å²) in [4.78, 5) is 26.0. The topological polar surface area (TPSA) is 67.2 Å². The van der Waals surface area contributed by atoms with E-state index in [2.05, 4.69) is 17.0 Å². The van der Waals surface area contributed by atoms with E-state index >= 15 is 0 Å². The van der Waals surface area contributed by atoms with E-state index in [1.807, 2.05) is 0 Å². The maximum Gasteiger partial charge on any atom is 0.265 e. The molecular weight excluding hydrogens is 355 g/mol. The lowest BCUT2D eigenvalue weighted by Crippen LogP contribution is -2.53. The number of rotatable bonds is 4. The van der Waals surface area contributed by atoms with Gasteiger partial charge in [-0.15, -0.1) is 6.58 Å². The molecule has 132 valence electrons. The van der Waals surface area contributed by atoms with Gasteiger partial charge < -0.3 is 0 Å². The average molecular weight is 370 g/mol. The number of halogens is 1. The molecule has 0 atom stereocenters. The quantitative estimate of drug-likeness (QED) is 0.388. The Morgan fingerprint density at radius 1 is 1.31 bits per heavy atom. The SMILES string of the molecule is C=CCN1C(=O)/C(=C/c2cnn(-c3ccc(F)cc3)c2C)C(=O)NC1=S. The van der Waals surface area contributed by atoms with Gasteiger partial charge in [0.2, 0.25) is 0 Å². The largest absolute Gasteiger partial charge is 0.298 e. The molecule has 6 nitrogen and oxygen atoms in total. The van der Waals surface area contributed by atoms with Gasteiger partial charge in [-0.3, -0.25) is 19.8 Å². The van der Waals surface area contributed by atoms with E-state index in [4.69, 9.17) is 12.2 Å². The number of carbonyl (C=O) groups is 2. The van der Waals surface area contributed by atoms with Gasteiger partial charge in [-0.1, -0.05) is 6.08 Å². The normalized spacial score (nSPS) is 16.2. The highest BCUT2D eigenvalue weighted by atomic mass is 32.1. The number of nitrogens with one attached hydrogen (secondary N) is 1. The van der Waals surface area contributed by atoms with Crippen molar-refractivity contribution in [3.8, 4) is 5.69 Å². The minimum absolute atomic E-state index is 0.0396. The number of amides is 2. The summed E-state index contributed by atoms with van der Waals surface area (Å²) >= 11 is 5.02. The van der Waals surface area contributed by atoms with E-state index in [1.165, 1.54) is 35.4 Å². The number of hydrogen-bond donors (Lipinski definition) is 1. The van der Waals surface area contributed by atoms with E-state index in [-0.39, 0.29) is 23.0 Å². The molecule has 0 radical (unpaired) electrons. The minimum atomic E-state index is -0.561. The van der Waals surface area contributed by atoms with E-state index in [9.17, 15) is 14.0 Å². The van der Waals surface area contributed by atoms with Crippen molar-refractivity contribution in [1.29, 1.82) is 0 Å². The van der Waals surface area contributed by atoms with Gasteiger partial charge in [-0.2, -0.15) is 5.10 Å². The van der Waals surface area contributed by atoms with Gasteiger partial charge >= 0.3 is 0 Å². The van der Waals surface area contributed by atoms with Crippen LogP contribution in [0, 0.1) is 12.7 Å². The first-order valence-electron chi connectivity index (χ1n) is 7.72. The summed E-state index contributed by atoms with van der Waals surface area (Å²) in [6.07, 6.45) is 4.53. The van der Waals surface area contributed by atoms with Crippen molar-refractivity contribution in [1.82, 2.24) is 20.0 Å². The Labute approximate surface area is 154 Å². The molecule has 1 saturated heterocycles. The van der Waals surface area contributed by atoms with Gasteiger partial charge in [-0.25, -0.2) is 9.07 Å². The zero-order valence-electron chi connectivity index (χ0n) is 13.9. The van der Waals surface area contributed by atoms with Crippen LogP contribution in [-0.4, -0.2) is 38.2 Å². The van der Waals surface area contributed by atoms with Gasteiger partial charge in [-0.05, 0) is 49.5 Å². The second-order valence-corrected chi connectivity index (χ2v) is 5.98. The average Bonchev–Trinajstić information content (AvgIpc) is 2.97. The lowest BCUT2D eigenvalue weighted by molar-refractivity contribution is -0.128. The molecule has 1 aromatic heterocycles. The first-order chi connectivity index (χ1) is 12.4. The third-order valence-corrected chi connectivity index (χ3v) is 4.24. The molecular formula is C18H15FN4O2S. The highest BCUT2D eigenvalue weighted by molar-refractivity contribution is 7.80. The summed E-state index contributed by atoms with van der Waals surface area (Å²) in [5.41, 5.74) is 1.93. The fraction of sp³-hybridized carbons (Fsp3) is 0.111. The Kier molecular flexibility index (Phi) is 4.77. The first-order valence-corrected chi connectivity index (χ1v) is 8.13. The van der Waals surface area contributed by atoms with Gasteiger partial charge in [0, 0.05) is 17.8 Å². The van der Waals surface area contributed by atoms with Crippen molar-refractivity contribution in [2.24, 2.45) is 0 Å². The van der Waals surface area contributed by atoms with Crippen LogP contribution in [0.25, 0.3) is 11.8 Å². The Bertz CT molecular complexity index is 947. The van der Waals surface area contributed by atoms with E-state index in [0.717, 1.165) is 0 Å². The van der Waals surface area contributed by atoms with Gasteiger partial charge in [0.05, 0.1) is 11.9 Å². The number of carbonyl (C=O) groups excluding carboxylic acids is 2. The summed E-state index contributed by atoms with van der Waals surface area (Å²) < 4.78 is 14.7. The van der Waals surface area contributed by atoms with Crippen LogP contribution in [0.2, 0.25) is 0 Å². The molecule has 3 rings (SSSR count). The van der Waals surface area contributed by atoms with Crippen LogP contribution in [0.15, 0.2) is 48.7 Å². The maximum atomic E-state index is 13.1. The zero-order valence-corrected chi connectivity index (χ0v) is 14.7. The number of aromatic nitrogens is 2. The molecule has 0 unspecified atom stereocenters. The molecule has 0 aliphatic carbocycles. The monoisotopic (exact) mass is 370 g/mol. The molecule has 1 aliphatic heterocycles. The lowest BCUT2D eigenvalue weighted by atomic mass is 10.1. The first kappa shape index (κ1) is 17.7. The molecule has 1 fully saturated rings. The number of hydrogen-bond acceptors (Lipinski definition) is 4. The molecule has 0 saturated carbocycles. The Balaban J connectivity index is 1.98. The van der Waals surface area contributed by atoms with E-state index in [0.29, 0.717) is 16.9 Å². The molecule has 1 N–H and O–H groups in total. The molecule has 0 bridgehead atoms. The van der Waals surface area contributed by atoms with Crippen LogP contribution in [0.5, 0.6) is 0 Å². The van der Waals surface area contributed by atoms with Crippen LogP contribution < -0.4 is 5.32 Å². The van der Waals surface area contributed by atoms with Crippen LogP contribution in [-0.2, 0) is 9.59 Å². The third kappa shape index (κ3) is 3.18. The smallest absolute Gasteiger partial charge is 0.265 e. The van der Waals surface area contributed by atoms with Crippen LogP contribution >= 0.6 is 12.2 Å². The van der Waals surface area contributed by atoms with Gasteiger partial charge in [0.25, 0.3) is 11.8 Å². The summed E-state index contributed by atoms with van der Waals surface area (Å²) in [5, 5.41) is 6.80.